The number of aliphatic hydroxyl groups is 2. The summed E-state index contributed by atoms with van der Waals surface area (Å²) in [5, 5.41) is 30.2. The van der Waals surface area contributed by atoms with Gasteiger partial charge in [-0.2, -0.15) is 0 Å². The van der Waals surface area contributed by atoms with Crippen LogP contribution in [0.1, 0.15) is 76.2 Å². The molecule has 12 heteroatoms. The SMILES string of the molecule is NC(N)=NCCC[C@@H]1NC(=O)[C@@H]2CCCN2C(=O)[C@@H](CCc2ccccc2)NC(O)CCCCCCCNC(O)C1=O. The molecule has 2 amide bonds. The van der Waals surface area contributed by atoms with Gasteiger partial charge < -0.3 is 31.9 Å². The van der Waals surface area contributed by atoms with Crippen LogP contribution in [0.3, 0.4) is 0 Å². The predicted molar refractivity (Wildman–Crippen MR) is 161 cm³/mol. The predicted octanol–water partition coefficient (Wildman–Crippen LogP) is 0.257. The zero-order valence-corrected chi connectivity index (χ0v) is 24.5. The number of amides is 2. The second-order valence-electron chi connectivity index (χ2n) is 11.3. The first kappa shape index (κ1) is 33.4. The van der Waals surface area contributed by atoms with Crippen molar-refractivity contribution in [3.05, 3.63) is 35.9 Å². The smallest absolute Gasteiger partial charge is 0.243 e. The van der Waals surface area contributed by atoms with Crippen LogP contribution < -0.4 is 27.4 Å². The van der Waals surface area contributed by atoms with Crippen LogP contribution in [0, 0.1) is 0 Å². The Morgan fingerprint density at radius 2 is 1.67 bits per heavy atom. The molecule has 3 rings (SSSR count). The van der Waals surface area contributed by atoms with Gasteiger partial charge in [0.2, 0.25) is 11.8 Å². The monoisotopic (exact) mass is 587 g/mol. The van der Waals surface area contributed by atoms with Crippen molar-refractivity contribution in [3.8, 4) is 0 Å². The first-order valence-corrected chi connectivity index (χ1v) is 15.4. The summed E-state index contributed by atoms with van der Waals surface area (Å²) in [7, 11) is 0. The molecule has 42 heavy (non-hydrogen) atoms. The highest BCUT2D eigenvalue weighted by Crippen LogP contribution is 2.21. The number of nitrogens with zero attached hydrogens (tertiary/aromatic N) is 2. The first-order chi connectivity index (χ1) is 20.3. The lowest BCUT2D eigenvalue weighted by Crippen LogP contribution is -2.57. The fourth-order valence-corrected chi connectivity index (χ4v) is 5.63. The summed E-state index contributed by atoms with van der Waals surface area (Å²) < 4.78 is 0. The highest BCUT2D eigenvalue weighted by molar-refractivity contribution is 5.95. The van der Waals surface area contributed by atoms with Gasteiger partial charge in [-0.15, -0.1) is 0 Å². The second kappa shape index (κ2) is 17.8. The van der Waals surface area contributed by atoms with E-state index in [9.17, 15) is 24.6 Å². The van der Waals surface area contributed by atoms with E-state index >= 15 is 0 Å². The van der Waals surface area contributed by atoms with Crippen LogP contribution in [-0.2, 0) is 20.8 Å². The number of rotatable bonds is 7. The molecule has 0 spiro atoms. The van der Waals surface area contributed by atoms with Crippen LogP contribution in [0.25, 0.3) is 0 Å². The average Bonchev–Trinajstić information content (AvgIpc) is 3.47. The van der Waals surface area contributed by atoms with E-state index in [0.29, 0.717) is 51.6 Å². The van der Waals surface area contributed by atoms with Crippen LogP contribution >= 0.6 is 0 Å². The molecule has 0 saturated carbocycles. The third-order valence-electron chi connectivity index (χ3n) is 7.96. The van der Waals surface area contributed by atoms with Crippen molar-refractivity contribution in [1.82, 2.24) is 20.9 Å². The molecule has 12 nitrogen and oxygen atoms in total. The van der Waals surface area contributed by atoms with Gasteiger partial charge in [-0.25, -0.2) is 0 Å². The number of fused-ring (bicyclic) bond motifs is 1. The Morgan fingerprint density at radius 1 is 0.929 bits per heavy atom. The van der Waals surface area contributed by atoms with Crippen molar-refractivity contribution in [2.45, 2.75) is 108 Å². The van der Waals surface area contributed by atoms with Crippen molar-refractivity contribution >= 4 is 23.6 Å². The Kier molecular flexibility index (Phi) is 14.2. The fraction of sp³-hybridized carbons (Fsp3) is 0.667. The first-order valence-electron chi connectivity index (χ1n) is 15.4. The number of hydrogen-bond donors (Lipinski definition) is 7. The van der Waals surface area contributed by atoms with Crippen molar-refractivity contribution in [3.63, 3.8) is 0 Å². The van der Waals surface area contributed by atoms with Crippen molar-refractivity contribution in [1.29, 1.82) is 0 Å². The topological polar surface area (TPSA) is 195 Å². The Bertz CT molecular complexity index is 1020. The molecule has 0 radical (unpaired) electrons. The van der Waals surface area contributed by atoms with Crippen molar-refractivity contribution in [2.75, 3.05) is 19.6 Å². The molecule has 0 aliphatic carbocycles. The lowest BCUT2D eigenvalue weighted by atomic mass is 10.0. The zero-order chi connectivity index (χ0) is 30.3. The number of hydrogen-bond acceptors (Lipinski definition) is 8. The third kappa shape index (κ3) is 11.0. The van der Waals surface area contributed by atoms with E-state index in [1.807, 2.05) is 30.3 Å². The van der Waals surface area contributed by atoms with Crippen LogP contribution in [-0.4, -0.2) is 88.9 Å². The molecule has 5 atom stereocenters. The van der Waals surface area contributed by atoms with Gasteiger partial charge in [-0.1, -0.05) is 49.6 Å². The average molecular weight is 588 g/mol. The van der Waals surface area contributed by atoms with E-state index in [2.05, 4.69) is 20.9 Å². The molecule has 2 aliphatic rings. The van der Waals surface area contributed by atoms with Crippen LogP contribution in [0.15, 0.2) is 35.3 Å². The van der Waals surface area contributed by atoms with E-state index in [1.54, 1.807) is 4.90 Å². The summed E-state index contributed by atoms with van der Waals surface area (Å²) in [6.07, 6.45) is 5.47. The molecule has 2 heterocycles. The van der Waals surface area contributed by atoms with Crippen LogP contribution in [0.5, 0.6) is 0 Å². The summed E-state index contributed by atoms with van der Waals surface area (Å²) in [5.74, 6) is -1.27. The summed E-state index contributed by atoms with van der Waals surface area (Å²) >= 11 is 0. The van der Waals surface area contributed by atoms with Crippen LogP contribution in [0.2, 0.25) is 0 Å². The molecule has 0 bridgehead atoms. The highest BCUT2D eigenvalue weighted by Gasteiger charge is 2.39. The summed E-state index contributed by atoms with van der Waals surface area (Å²) in [5.41, 5.74) is 11.9. The lowest BCUT2D eigenvalue weighted by Gasteiger charge is -2.31. The summed E-state index contributed by atoms with van der Waals surface area (Å²) in [6, 6.07) is 7.46. The molecule has 2 aliphatic heterocycles. The Morgan fingerprint density at radius 3 is 2.43 bits per heavy atom. The largest absolute Gasteiger partial charge is 0.379 e. The minimum absolute atomic E-state index is 0.0618. The Balaban J connectivity index is 1.79. The van der Waals surface area contributed by atoms with Gasteiger partial charge in [0.15, 0.2) is 18.0 Å². The molecule has 0 aromatic heterocycles. The van der Waals surface area contributed by atoms with Gasteiger partial charge in [-0.3, -0.25) is 30.0 Å². The van der Waals surface area contributed by atoms with E-state index in [-0.39, 0.29) is 24.8 Å². The highest BCUT2D eigenvalue weighted by atomic mass is 16.3. The Labute approximate surface area is 248 Å². The lowest BCUT2D eigenvalue weighted by molar-refractivity contribution is -0.142. The number of carbonyl (C=O) groups is 3. The number of nitrogens with two attached hydrogens (primary N) is 2. The summed E-state index contributed by atoms with van der Waals surface area (Å²) in [6.45, 7) is 1.14. The Hall–Kier alpha value is -3.06. The standard InChI is InChI=1S/C30H49N7O5/c31-30(32)34-19-9-13-22-26(39)28(41)33-18-8-3-1-2-7-15-25(38)35-23(17-16-21-11-5-4-6-12-21)29(42)37-20-10-14-24(37)27(40)36-22/h4-6,11-12,22-25,28,33,35,38,41H,1-3,7-10,13-20H2,(H,36,40)(H4,31,32,34)/t22-,23+,24-,25?,28?/m0/s1. The molecule has 9 N–H and O–H groups in total. The third-order valence-corrected chi connectivity index (χ3v) is 7.96. The molecule has 2 saturated heterocycles. The van der Waals surface area contributed by atoms with Gasteiger partial charge in [0.1, 0.15) is 12.3 Å². The fourth-order valence-electron chi connectivity index (χ4n) is 5.63. The van der Waals surface area contributed by atoms with Crippen molar-refractivity contribution < 1.29 is 24.6 Å². The van der Waals surface area contributed by atoms with E-state index in [4.69, 9.17) is 11.5 Å². The number of carbonyl (C=O) groups excluding carboxylic acids is 3. The van der Waals surface area contributed by atoms with Gasteiger partial charge in [0.05, 0.1) is 12.1 Å². The number of aryl methyl sites for hydroxylation is 1. The molecule has 2 fully saturated rings. The van der Waals surface area contributed by atoms with Gasteiger partial charge in [0.25, 0.3) is 0 Å². The van der Waals surface area contributed by atoms with E-state index < -0.39 is 42.3 Å². The van der Waals surface area contributed by atoms with Gasteiger partial charge in [0, 0.05) is 13.1 Å². The number of benzene rings is 1. The number of nitrogens with one attached hydrogen (secondary N) is 3. The molecule has 2 unspecified atom stereocenters. The normalized spacial score (nSPS) is 27.3. The minimum Gasteiger partial charge on any atom is -0.379 e. The van der Waals surface area contributed by atoms with Gasteiger partial charge in [-0.05, 0) is 69.9 Å². The zero-order valence-electron chi connectivity index (χ0n) is 24.5. The van der Waals surface area contributed by atoms with Crippen molar-refractivity contribution in [2.24, 2.45) is 16.5 Å². The maximum atomic E-state index is 13.9. The molecule has 1 aromatic carbocycles. The van der Waals surface area contributed by atoms with E-state index in [0.717, 1.165) is 37.7 Å². The van der Waals surface area contributed by atoms with E-state index in [1.165, 1.54) is 0 Å². The number of guanidine groups is 1. The number of Topliss-reactive ketones (excluding diaryl/α,β-unsaturated/α-hetero) is 1. The molecular weight excluding hydrogens is 538 g/mol. The number of aliphatic imine (C=N–C) groups is 1. The quantitative estimate of drug-likeness (QED) is 0.133. The summed E-state index contributed by atoms with van der Waals surface area (Å²) in [4.78, 5) is 46.1. The molecular formula is C30H49N7O5. The number of ketones is 1. The molecule has 1 aromatic rings. The number of aliphatic hydroxyl groups excluding tert-OH is 2. The maximum Gasteiger partial charge on any atom is 0.243 e. The van der Waals surface area contributed by atoms with Gasteiger partial charge >= 0.3 is 0 Å². The minimum atomic E-state index is -1.43. The second-order valence-corrected chi connectivity index (χ2v) is 11.3. The maximum absolute atomic E-state index is 13.9. The van der Waals surface area contributed by atoms with Crippen LogP contribution in [0.4, 0.5) is 0 Å². The molecule has 234 valence electrons.